The lowest BCUT2D eigenvalue weighted by Gasteiger charge is -2.37. The molecule has 0 bridgehead atoms. The molecule has 0 saturated heterocycles. The molecule has 2 N–H and O–H groups in total. The van der Waals surface area contributed by atoms with Crippen molar-refractivity contribution in [3.05, 3.63) is 29.3 Å². The Morgan fingerprint density at radius 1 is 1.24 bits per heavy atom. The molecule has 1 aliphatic rings. The van der Waals surface area contributed by atoms with Crippen LogP contribution >= 0.6 is 0 Å². The fraction of sp³-hybridized carbons (Fsp3) is 0.647. The minimum atomic E-state index is 0.0770. The highest BCUT2D eigenvalue weighted by atomic mass is 16.5. The SMILES string of the molecule is COc1ccc2c(c1)C(N)C(N(C)CCCN(C)C)CC2. The lowest BCUT2D eigenvalue weighted by atomic mass is 9.83. The van der Waals surface area contributed by atoms with Gasteiger partial charge in [0.25, 0.3) is 0 Å². The average Bonchev–Trinajstić information content (AvgIpc) is 2.47. The van der Waals surface area contributed by atoms with Crippen LogP contribution in [0.2, 0.25) is 0 Å². The Bertz CT molecular complexity index is 461. The van der Waals surface area contributed by atoms with Crippen LogP contribution in [-0.4, -0.2) is 57.2 Å². The van der Waals surface area contributed by atoms with Crippen LogP contribution in [0.3, 0.4) is 0 Å². The Labute approximate surface area is 128 Å². The molecule has 2 unspecified atom stereocenters. The highest BCUT2D eigenvalue weighted by Crippen LogP contribution is 2.33. The summed E-state index contributed by atoms with van der Waals surface area (Å²) in [5.74, 6) is 0.903. The molecule has 4 heteroatoms. The quantitative estimate of drug-likeness (QED) is 0.869. The smallest absolute Gasteiger partial charge is 0.119 e. The molecule has 4 nitrogen and oxygen atoms in total. The molecule has 0 saturated carbocycles. The number of nitrogens with two attached hydrogens (primary N) is 1. The Morgan fingerprint density at radius 3 is 2.67 bits per heavy atom. The van der Waals surface area contributed by atoms with Gasteiger partial charge in [-0.15, -0.1) is 0 Å². The zero-order chi connectivity index (χ0) is 15.4. The van der Waals surface area contributed by atoms with Crippen molar-refractivity contribution in [3.8, 4) is 5.75 Å². The second-order valence-electron chi connectivity index (χ2n) is 6.33. The maximum atomic E-state index is 6.54. The van der Waals surface area contributed by atoms with Gasteiger partial charge in [-0.3, -0.25) is 0 Å². The molecule has 21 heavy (non-hydrogen) atoms. The van der Waals surface area contributed by atoms with Gasteiger partial charge in [-0.25, -0.2) is 0 Å². The summed E-state index contributed by atoms with van der Waals surface area (Å²) in [6.07, 6.45) is 3.42. The summed E-state index contributed by atoms with van der Waals surface area (Å²) >= 11 is 0. The van der Waals surface area contributed by atoms with Crippen molar-refractivity contribution in [2.75, 3.05) is 41.3 Å². The summed E-state index contributed by atoms with van der Waals surface area (Å²) in [5, 5.41) is 0. The topological polar surface area (TPSA) is 41.7 Å². The molecule has 2 atom stereocenters. The third kappa shape index (κ3) is 3.96. The van der Waals surface area contributed by atoms with Crippen LogP contribution in [0.15, 0.2) is 18.2 Å². The molecule has 0 spiro atoms. The van der Waals surface area contributed by atoms with Crippen LogP contribution in [0.25, 0.3) is 0 Å². The summed E-state index contributed by atoms with van der Waals surface area (Å²) < 4.78 is 5.34. The lowest BCUT2D eigenvalue weighted by Crippen LogP contribution is -2.44. The molecule has 118 valence electrons. The third-order valence-electron chi connectivity index (χ3n) is 4.52. The van der Waals surface area contributed by atoms with Gasteiger partial charge in [0.15, 0.2) is 0 Å². The van der Waals surface area contributed by atoms with Gasteiger partial charge in [0.2, 0.25) is 0 Å². The number of methoxy groups -OCH3 is 1. The van der Waals surface area contributed by atoms with Crippen molar-refractivity contribution in [2.45, 2.75) is 31.3 Å². The van der Waals surface area contributed by atoms with Crippen LogP contribution in [0, 0.1) is 0 Å². The van der Waals surface area contributed by atoms with E-state index in [2.05, 4.69) is 43.1 Å². The summed E-state index contributed by atoms with van der Waals surface area (Å²) in [6, 6.07) is 6.81. The van der Waals surface area contributed by atoms with Gasteiger partial charge in [-0.1, -0.05) is 6.07 Å². The maximum absolute atomic E-state index is 6.54. The van der Waals surface area contributed by atoms with E-state index in [1.54, 1.807) is 7.11 Å². The molecule has 1 aromatic carbocycles. The van der Waals surface area contributed by atoms with Gasteiger partial charge in [0.1, 0.15) is 5.75 Å². The Hall–Kier alpha value is -1.10. The number of ether oxygens (including phenoxy) is 1. The Kier molecular flexibility index (Phi) is 5.62. The third-order valence-corrected chi connectivity index (χ3v) is 4.52. The molecule has 0 aromatic heterocycles. The zero-order valence-electron chi connectivity index (χ0n) is 13.8. The highest BCUT2D eigenvalue weighted by molar-refractivity contribution is 5.40. The summed E-state index contributed by atoms with van der Waals surface area (Å²) in [5.41, 5.74) is 9.17. The predicted octanol–water partition coefficient (Wildman–Crippen LogP) is 1.89. The molecular weight excluding hydrogens is 262 g/mol. The number of hydrogen-bond acceptors (Lipinski definition) is 4. The minimum Gasteiger partial charge on any atom is -0.497 e. The highest BCUT2D eigenvalue weighted by Gasteiger charge is 2.29. The first-order valence-corrected chi connectivity index (χ1v) is 7.80. The fourth-order valence-corrected chi connectivity index (χ4v) is 3.22. The molecular formula is C17H29N3O. The van der Waals surface area contributed by atoms with Crippen molar-refractivity contribution < 1.29 is 4.74 Å². The van der Waals surface area contributed by atoms with Crippen LogP contribution in [0.4, 0.5) is 0 Å². The number of aryl methyl sites for hydroxylation is 1. The van der Waals surface area contributed by atoms with Gasteiger partial charge in [-0.2, -0.15) is 0 Å². The van der Waals surface area contributed by atoms with Crippen LogP contribution in [0.5, 0.6) is 5.75 Å². The van der Waals surface area contributed by atoms with Crippen molar-refractivity contribution in [1.82, 2.24) is 9.80 Å². The molecule has 0 amide bonds. The monoisotopic (exact) mass is 291 g/mol. The van der Waals surface area contributed by atoms with E-state index in [0.29, 0.717) is 6.04 Å². The Morgan fingerprint density at radius 2 is 2.00 bits per heavy atom. The van der Waals surface area contributed by atoms with Crippen molar-refractivity contribution in [2.24, 2.45) is 5.73 Å². The summed E-state index contributed by atoms with van der Waals surface area (Å²) in [7, 11) is 8.15. The predicted molar refractivity (Wildman–Crippen MR) is 87.8 cm³/mol. The largest absolute Gasteiger partial charge is 0.497 e. The molecule has 0 aliphatic heterocycles. The average molecular weight is 291 g/mol. The number of fused-ring (bicyclic) bond motifs is 1. The molecule has 1 aromatic rings. The van der Waals surface area contributed by atoms with E-state index < -0.39 is 0 Å². The van der Waals surface area contributed by atoms with E-state index in [1.807, 2.05) is 6.07 Å². The van der Waals surface area contributed by atoms with Crippen molar-refractivity contribution in [1.29, 1.82) is 0 Å². The van der Waals surface area contributed by atoms with E-state index >= 15 is 0 Å². The van der Waals surface area contributed by atoms with Crippen molar-refractivity contribution >= 4 is 0 Å². The van der Waals surface area contributed by atoms with Gasteiger partial charge in [0, 0.05) is 12.1 Å². The first kappa shape index (κ1) is 16.3. The number of nitrogens with zero attached hydrogens (tertiary/aromatic N) is 2. The zero-order valence-corrected chi connectivity index (χ0v) is 13.8. The van der Waals surface area contributed by atoms with E-state index in [-0.39, 0.29) is 6.04 Å². The van der Waals surface area contributed by atoms with Crippen LogP contribution in [-0.2, 0) is 6.42 Å². The van der Waals surface area contributed by atoms with Crippen molar-refractivity contribution in [3.63, 3.8) is 0 Å². The summed E-state index contributed by atoms with van der Waals surface area (Å²) in [4.78, 5) is 4.66. The molecule has 1 aliphatic carbocycles. The van der Waals surface area contributed by atoms with Gasteiger partial charge >= 0.3 is 0 Å². The fourth-order valence-electron chi connectivity index (χ4n) is 3.22. The standard InChI is InChI=1S/C17H29N3O/c1-19(2)10-5-11-20(3)16-9-7-13-6-8-14(21-4)12-15(13)17(16)18/h6,8,12,16-17H,5,7,9-11,18H2,1-4H3. The molecule has 0 heterocycles. The maximum Gasteiger partial charge on any atom is 0.119 e. The number of rotatable bonds is 6. The van der Waals surface area contributed by atoms with Gasteiger partial charge in [-0.05, 0) is 76.8 Å². The van der Waals surface area contributed by atoms with E-state index in [1.165, 1.54) is 17.5 Å². The van der Waals surface area contributed by atoms with E-state index in [4.69, 9.17) is 10.5 Å². The van der Waals surface area contributed by atoms with Gasteiger partial charge < -0.3 is 20.3 Å². The molecule has 0 fully saturated rings. The Balaban J connectivity index is 2.03. The second-order valence-corrected chi connectivity index (χ2v) is 6.33. The number of benzene rings is 1. The molecule has 0 radical (unpaired) electrons. The van der Waals surface area contributed by atoms with E-state index in [0.717, 1.165) is 31.7 Å². The number of likely N-dealkylation sites (N-methyl/N-ethyl adjacent to an activating group) is 1. The second kappa shape index (κ2) is 7.25. The van der Waals surface area contributed by atoms with E-state index in [9.17, 15) is 0 Å². The summed E-state index contributed by atoms with van der Waals surface area (Å²) in [6.45, 7) is 2.21. The molecule has 2 rings (SSSR count). The van der Waals surface area contributed by atoms with Crippen LogP contribution < -0.4 is 10.5 Å². The minimum absolute atomic E-state index is 0.0770. The normalized spacial score (nSPS) is 21.7. The van der Waals surface area contributed by atoms with Crippen LogP contribution in [0.1, 0.15) is 30.0 Å². The lowest BCUT2D eigenvalue weighted by molar-refractivity contribution is 0.184. The first-order chi connectivity index (χ1) is 10.0. The number of hydrogen-bond donors (Lipinski definition) is 1. The van der Waals surface area contributed by atoms with Gasteiger partial charge in [0.05, 0.1) is 7.11 Å². The first-order valence-electron chi connectivity index (χ1n) is 7.80.